The Balaban J connectivity index is 1.11. The number of imidazole rings is 2. The molecule has 1 N–H and O–H groups in total. The highest BCUT2D eigenvalue weighted by Crippen LogP contribution is 2.26. The van der Waals surface area contributed by atoms with E-state index in [0.717, 1.165) is 50.1 Å². The van der Waals surface area contributed by atoms with Gasteiger partial charge in [-0.25, -0.2) is 28.5 Å². The van der Waals surface area contributed by atoms with Crippen LogP contribution in [-0.2, 0) is 26.2 Å². The number of benzene rings is 2. The molecule has 13 heteroatoms. The van der Waals surface area contributed by atoms with Gasteiger partial charge in [0.25, 0.3) is 0 Å². The first-order valence-corrected chi connectivity index (χ1v) is 15.0. The summed E-state index contributed by atoms with van der Waals surface area (Å²) in [5, 5.41) is 9.77. The first-order chi connectivity index (χ1) is 21.8. The number of pyridine rings is 1. The van der Waals surface area contributed by atoms with Crippen molar-refractivity contribution in [1.82, 2.24) is 29.0 Å². The Morgan fingerprint density at radius 3 is 2.62 bits per heavy atom. The Kier molecular flexibility index (Phi) is 8.95. The summed E-state index contributed by atoms with van der Waals surface area (Å²) in [4.78, 5) is 27.4. The summed E-state index contributed by atoms with van der Waals surface area (Å²) in [6.45, 7) is 5.10. The van der Waals surface area contributed by atoms with Crippen molar-refractivity contribution in [2.75, 3.05) is 13.1 Å². The largest absolute Gasteiger partial charge is 0.490 e. The van der Waals surface area contributed by atoms with Gasteiger partial charge in [-0.3, -0.25) is 4.90 Å². The van der Waals surface area contributed by atoms with E-state index in [0.29, 0.717) is 30.0 Å². The summed E-state index contributed by atoms with van der Waals surface area (Å²) in [7, 11) is 0. The van der Waals surface area contributed by atoms with Crippen molar-refractivity contribution in [1.29, 1.82) is 0 Å². The van der Waals surface area contributed by atoms with Crippen LogP contribution in [0.25, 0.3) is 11.2 Å². The van der Waals surface area contributed by atoms with Gasteiger partial charge in [0.05, 0.1) is 25.1 Å². The number of nitrogens with zero attached hydrogens (tertiary/aromatic N) is 6. The molecule has 4 heterocycles. The summed E-state index contributed by atoms with van der Waals surface area (Å²) < 4.78 is 44.3. The molecule has 1 aliphatic heterocycles. The van der Waals surface area contributed by atoms with Crippen LogP contribution in [0.3, 0.4) is 0 Å². The Bertz CT molecular complexity index is 1840. The predicted molar refractivity (Wildman–Crippen MR) is 163 cm³/mol. The number of aryl methyl sites for hydroxylation is 1. The molecule has 0 unspecified atom stereocenters. The number of likely N-dealkylation sites (tertiary alicyclic amines) is 1. The van der Waals surface area contributed by atoms with Crippen LogP contribution in [0.4, 0.5) is 8.78 Å². The molecule has 3 aromatic heterocycles. The average molecular weight is 637 g/mol. The molecule has 0 bridgehead atoms. The Hall–Kier alpha value is -4.55. The van der Waals surface area contributed by atoms with Gasteiger partial charge in [0.2, 0.25) is 0 Å². The molecule has 0 radical (unpaired) electrons. The molecule has 6 rings (SSSR count). The quantitative estimate of drug-likeness (QED) is 0.190. The van der Waals surface area contributed by atoms with E-state index < -0.39 is 17.6 Å². The summed E-state index contributed by atoms with van der Waals surface area (Å²) in [5.41, 5.74) is 2.33. The van der Waals surface area contributed by atoms with Crippen LogP contribution in [0.1, 0.15) is 47.3 Å². The molecule has 0 spiro atoms. The van der Waals surface area contributed by atoms with Crippen molar-refractivity contribution in [3.63, 3.8) is 0 Å². The molecule has 234 valence electrons. The van der Waals surface area contributed by atoms with Crippen LogP contribution in [0.15, 0.2) is 61.1 Å². The van der Waals surface area contributed by atoms with E-state index in [9.17, 15) is 18.7 Å². The van der Waals surface area contributed by atoms with Crippen molar-refractivity contribution in [3.8, 4) is 11.5 Å². The minimum atomic E-state index is -1.09. The van der Waals surface area contributed by atoms with E-state index >= 15 is 0 Å². The number of hydrogen-bond acceptors (Lipinski definition) is 7. The van der Waals surface area contributed by atoms with Crippen molar-refractivity contribution >= 4 is 28.7 Å². The molecule has 0 aliphatic carbocycles. The molecular weight excluding hydrogens is 606 g/mol. The number of hydrogen-bond donors (Lipinski definition) is 1. The third kappa shape index (κ3) is 6.91. The van der Waals surface area contributed by atoms with Crippen molar-refractivity contribution in [2.24, 2.45) is 0 Å². The van der Waals surface area contributed by atoms with Gasteiger partial charge >= 0.3 is 5.97 Å². The lowest BCUT2D eigenvalue weighted by atomic mass is 10.1. The van der Waals surface area contributed by atoms with Crippen LogP contribution in [0, 0.1) is 11.6 Å². The van der Waals surface area contributed by atoms with Crippen LogP contribution >= 0.6 is 11.6 Å². The Morgan fingerprint density at radius 1 is 1.04 bits per heavy atom. The monoisotopic (exact) mass is 636 g/mol. The normalized spacial score (nSPS) is 14.2. The minimum Gasteiger partial charge on any atom is -0.490 e. The zero-order valence-corrected chi connectivity index (χ0v) is 25.3. The first kappa shape index (κ1) is 30.5. The molecule has 10 nitrogen and oxygen atoms in total. The topological polar surface area (TPSA) is 108 Å². The number of aromatic nitrogens is 5. The van der Waals surface area contributed by atoms with E-state index in [1.54, 1.807) is 30.7 Å². The maximum atomic E-state index is 14.5. The summed E-state index contributed by atoms with van der Waals surface area (Å²) in [5.74, 6) is -0.903. The highest BCUT2D eigenvalue weighted by Gasteiger charge is 2.24. The smallest absolute Gasteiger partial charge is 0.354 e. The van der Waals surface area contributed by atoms with Crippen molar-refractivity contribution in [2.45, 2.75) is 52.1 Å². The second kappa shape index (κ2) is 13.2. The van der Waals surface area contributed by atoms with Crippen LogP contribution in [0.2, 0.25) is 5.02 Å². The maximum absolute atomic E-state index is 14.5. The molecule has 1 fully saturated rings. The number of fused-ring (bicyclic) bond motifs is 1. The van der Waals surface area contributed by atoms with Gasteiger partial charge in [0, 0.05) is 36.4 Å². The number of carboxylic acids is 1. The first-order valence-electron chi connectivity index (χ1n) is 14.6. The third-order valence-corrected chi connectivity index (χ3v) is 8.08. The molecule has 45 heavy (non-hydrogen) atoms. The van der Waals surface area contributed by atoms with Crippen molar-refractivity contribution < 1.29 is 28.2 Å². The van der Waals surface area contributed by atoms with E-state index in [4.69, 9.17) is 26.1 Å². The number of aromatic carboxylic acids is 1. The van der Waals surface area contributed by atoms with Gasteiger partial charge in [-0.1, -0.05) is 11.6 Å². The lowest BCUT2D eigenvalue weighted by Crippen LogP contribution is -2.38. The van der Waals surface area contributed by atoms with Gasteiger partial charge < -0.3 is 23.7 Å². The number of halogens is 3. The molecule has 0 atom stereocenters. The SMILES string of the molecule is CCn1cncc1Cn1c(CN2CCC(Oc3ccc(F)c(COc4ccc(Cl)cc4F)c3)CC2)nc2ccc(C(=O)O)nc21. The van der Waals surface area contributed by atoms with Crippen LogP contribution in [-0.4, -0.2) is 59.3 Å². The Morgan fingerprint density at radius 2 is 1.87 bits per heavy atom. The van der Waals surface area contributed by atoms with E-state index in [1.807, 2.05) is 16.1 Å². The highest BCUT2D eigenvalue weighted by atomic mass is 35.5. The summed E-state index contributed by atoms with van der Waals surface area (Å²) in [6, 6.07) is 11.7. The van der Waals surface area contributed by atoms with Gasteiger partial charge in [0.15, 0.2) is 22.9 Å². The van der Waals surface area contributed by atoms with Crippen LogP contribution < -0.4 is 9.47 Å². The fraction of sp³-hybridized carbons (Fsp3) is 0.312. The number of ether oxygens (including phenoxy) is 2. The number of piperidine rings is 1. The highest BCUT2D eigenvalue weighted by molar-refractivity contribution is 6.30. The lowest BCUT2D eigenvalue weighted by molar-refractivity contribution is 0.0691. The second-order valence-electron chi connectivity index (χ2n) is 10.8. The third-order valence-electron chi connectivity index (χ3n) is 7.85. The van der Waals surface area contributed by atoms with E-state index in [2.05, 4.69) is 14.9 Å². The number of carboxylic acid groups (broad SMARTS) is 1. The molecule has 5 aromatic rings. The lowest BCUT2D eigenvalue weighted by Gasteiger charge is -2.32. The fourth-order valence-electron chi connectivity index (χ4n) is 5.44. The van der Waals surface area contributed by atoms with Gasteiger partial charge in [-0.05, 0) is 68.3 Å². The molecule has 1 saturated heterocycles. The molecule has 1 aliphatic rings. The minimum absolute atomic E-state index is 0.0138. The molecule has 2 aromatic carbocycles. The van der Waals surface area contributed by atoms with Crippen LogP contribution in [0.5, 0.6) is 11.5 Å². The van der Waals surface area contributed by atoms with E-state index in [1.165, 1.54) is 24.3 Å². The fourth-order valence-corrected chi connectivity index (χ4v) is 5.60. The average Bonchev–Trinajstić information content (AvgIpc) is 3.62. The molecule has 0 amide bonds. The standard InChI is InChI=1S/C32H31ClF2N6O4/c1-2-40-19-36-15-22(40)16-41-30(37-27-6-7-28(32(42)43)38-31(27)41)17-39-11-9-23(10-12-39)45-24-4-5-25(34)20(13-24)18-44-29-8-3-21(33)14-26(29)35/h3-8,13-15,19,23H,2,9-12,16-18H2,1H3,(H,42,43). The maximum Gasteiger partial charge on any atom is 0.354 e. The predicted octanol–water partition coefficient (Wildman–Crippen LogP) is 5.95. The summed E-state index contributed by atoms with van der Waals surface area (Å²) in [6.07, 6.45) is 4.97. The van der Waals surface area contributed by atoms with Gasteiger partial charge in [-0.2, -0.15) is 0 Å². The van der Waals surface area contributed by atoms with Gasteiger partial charge in [-0.15, -0.1) is 0 Å². The zero-order valence-electron chi connectivity index (χ0n) is 24.5. The second-order valence-corrected chi connectivity index (χ2v) is 11.3. The molecule has 0 saturated carbocycles. The van der Waals surface area contributed by atoms with E-state index in [-0.39, 0.29) is 34.7 Å². The van der Waals surface area contributed by atoms with Gasteiger partial charge in [0.1, 0.15) is 35.6 Å². The zero-order chi connectivity index (χ0) is 31.5. The Labute approximate surface area is 262 Å². The van der Waals surface area contributed by atoms with Crippen molar-refractivity contribution in [3.05, 3.63) is 100 Å². The number of rotatable bonds is 11. The molecular formula is C32H31ClF2N6O4. The number of carbonyl (C=O) groups is 1. The summed E-state index contributed by atoms with van der Waals surface area (Å²) >= 11 is 5.79.